The summed E-state index contributed by atoms with van der Waals surface area (Å²) in [6.45, 7) is 2.94. The number of nitrogens with one attached hydrogen (secondary N) is 1. The Balaban J connectivity index is 1.75. The number of nitrogens with two attached hydrogens (primary N) is 1. The molecule has 2 aliphatic heterocycles. The molecule has 2 aromatic carbocycles. The second-order valence-electron chi connectivity index (χ2n) is 8.39. The molecule has 0 aliphatic carbocycles. The first-order valence-electron chi connectivity index (χ1n) is 10.9. The number of nitrogens with zero attached hydrogens (tertiary/aromatic N) is 4. The lowest BCUT2D eigenvalue weighted by Gasteiger charge is -2.28. The Bertz CT molecular complexity index is 1560. The van der Waals surface area contributed by atoms with Crippen LogP contribution in [0.4, 0.5) is 24.9 Å². The third-order valence-electron chi connectivity index (χ3n) is 6.11. The fourth-order valence-corrected chi connectivity index (χ4v) is 5.27. The highest BCUT2D eigenvalue weighted by atomic mass is 32.2. The van der Waals surface area contributed by atoms with Crippen molar-refractivity contribution < 1.29 is 21.6 Å². The van der Waals surface area contributed by atoms with Gasteiger partial charge in [-0.25, -0.2) is 18.5 Å². The number of alkyl halides is 3. The molecule has 36 heavy (non-hydrogen) atoms. The van der Waals surface area contributed by atoms with Gasteiger partial charge in [0.25, 0.3) is 0 Å². The lowest BCUT2D eigenvalue weighted by Crippen LogP contribution is -2.32. The normalized spacial score (nSPS) is 15.2. The summed E-state index contributed by atoms with van der Waals surface area (Å²) in [5.74, 6) is 1.77. The standard InChI is InChI=1S/C24H21F3N6O2S/c1-13-6-7-14(20-18(24(25,26)27)4-3-5-19(20)36(28,34)35)10-16(13)17-11-15-12-31-23(29-2)32-21(15)33-9-8-30-22(17)33/h3-7,10-12H,8-9H2,1-2H3,(H2,28,34,35)(H,29,31,32). The number of aliphatic imine (C=N–C) groups is 1. The molecule has 0 fully saturated rings. The minimum atomic E-state index is -4.79. The predicted octanol–water partition coefficient (Wildman–Crippen LogP) is 3.93. The maximum Gasteiger partial charge on any atom is 0.417 e. The molecule has 0 spiro atoms. The third-order valence-corrected chi connectivity index (χ3v) is 7.06. The molecule has 0 bridgehead atoms. The van der Waals surface area contributed by atoms with Gasteiger partial charge < -0.3 is 10.2 Å². The van der Waals surface area contributed by atoms with E-state index in [4.69, 9.17) is 5.14 Å². The summed E-state index contributed by atoms with van der Waals surface area (Å²) >= 11 is 0. The smallest absolute Gasteiger partial charge is 0.357 e. The highest BCUT2D eigenvalue weighted by Gasteiger charge is 2.37. The van der Waals surface area contributed by atoms with Crippen molar-refractivity contribution in [1.29, 1.82) is 0 Å². The van der Waals surface area contributed by atoms with Crippen LogP contribution in [-0.4, -0.2) is 44.4 Å². The Labute approximate surface area is 205 Å². The molecule has 186 valence electrons. The number of primary sulfonamides is 1. The zero-order valence-corrected chi connectivity index (χ0v) is 20.1. The molecule has 0 atom stereocenters. The number of amidine groups is 1. The monoisotopic (exact) mass is 514 g/mol. The number of hydrogen-bond acceptors (Lipinski definition) is 7. The number of aromatic nitrogens is 2. The van der Waals surface area contributed by atoms with Gasteiger partial charge in [0.05, 0.1) is 17.0 Å². The SMILES string of the molecule is CNc1ncc2c(n1)N1CCN=C1C(c1cc(-c3c(C(F)(F)F)cccc3S(N)(=O)=O)ccc1C)=C2. The minimum Gasteiger partial charge on any atom is -0.357 e. The van der Waals surface area contributed by atoms with Crippen LogP contribution in [0.5, 0.6) is 0 Å². The van der Waals surface area contributed by atoms with Crippen molar-refractivity contribution in [3.05, 3.63) is 64.8 Å². The van der Waals surface area contributed by atoms with E-state index in [0.29, 0.717) is 41.8 Å². The Morgan fingerprint density at radius 2 is 1.94 bits per heavy atom. The molecule has 1 aromatic heterocycles. The van der Waals surface area contributed by atoms with Gasteiger partial charge in [0.2, 0.25) is 16.0 Å². The van der Waals surface area contributed by atoms with Crippen LogP contribution < -0.4 is 15.4 Å². The van der Waals surface area contributed by atoms with E-state index in [2.05, 4.69) is 20.3 Å². The third kappa shape index (κ3) is 4.01. The van der Waals surface area contributed by atoms with Gasteiger partial charge in [-0.05, 0) is 47.9 Å². The fourth-order valence-electron chi connectivity index (χ4n) is 4.49. The van der Waals surface area contributed by atoms with Crippen molar-refractivity contribution >= 4 is 39.3 Å². The molecule has 3 N–H and O–H groups in total. The number of aryl methyl sites for hydroxylation is 1. The first-order valence-corrected chi connectivity index (χ1v) is 12.5. The van der Waals surface area contributed by atoms with Crippen LogP contribution in [0.1, 0.15) is 22.3 Å². The number of benzene rings is 2. The quantitative estimate of drug-likeness (QED) is 0.546. The van der Waals surface area contributed by atoms with E-state index in [1.165, 1.54) is 6.07 Å². The van der Waals surface area contributed by atoms with E-state index in [0.717, 1.165) is 29.3 Å². The molecule has 3 aromatic rings. The van der Waals surface area contributed by atoms with Gasteiger partial charge in [-0.2, -0.15) is 18.2 Å². The molecular formula is C24H21F3N6O2S. The van der Waals surface area contributed by atoms with Crippen LogP contribution in [0.2, 0.25) is 0 Å². The van der Waals surface area contributed by atoms with Gasteiger partial charge >= 0.3 is 6.18 Å². The van der Waals surface area contributed by atoms with Crippen molar-refractivity contribution in [2.45, 2.75) is 18.0 Å². The molecule has 0 saturated carbocycles. The second kappa shape index (κ2) is 8.42. The van der Waals surface area contributed by atoms with Crippen LogP contribution >= 0.6 is 0 Å². The van der Waals surface area contributed by atoms with E-state index in [-0.39, 0.29) is 5.56 Å². The van der Waals surface area contributed by atoms with E-state index >= 15 is 0 Å². The van der Waals surface area contributed by atoms with Crippen molar-refractivity contribution in [3.63, 3.8) is 0 Å². The van der Waals surface area contributed by atoms with Crippen molar-refractivity contribution in [1.82, 2.24) is 9.97 Å². The molecule has 0 unspecified atom stereocenters. The first kappa shape index (κ1) is 23.9. The molecule has 5 rings (SSSR count). The topological polar surface area (TPSA) is 114 Å². The maximum atomic E-state index is 13.9. The van der Waals surface area contributed by atoms with Crippen LogP contribution in [0, 0.1) is 6.92 Å². The summed E-state index contributed by atoms with van der Waals surface area (Å²) in [4.78, 5) is 14.8. The van der Waals surface area contributed by atoms with E-state index in [1.807, 2.05) is 17.9 Å². The van der Waals surface area contributed by atoms with Gasteiger partial charge in [-0.3, -0.25) is 4.99 Å². The van der Waals surface area contributed by atoms with Gasteiger partial charge in [0, 0.05) is 36.5 Å². The van der Waals surface area contributed by atoms with Gasteiger partial charge in [-0.1, -0.05) is 18.2 Å². The fraction of sp³-hybridized carbons (Fsp3) is 0.208. The molecule has 0 amide bonds. The van der Waals surface area contributed by atoms with Crippen molar-refractivity contribution in [2.24, 2.45) is 10.1 Å². The minimum absolute atomic E-state index is 0.0752. The first-order chi connectivity index (χ1) is 17.0. The van der Waals surface area contributed by atoms with Gasteiger partial charge in [0.1, 0.15) is 11.7 Å². The second-order valence-corrected chi connectivity index (χ2v) is 9.92. The zero-order chi connectivity index (χ0) is 25.8. The summed E-state index contributed by atoms with van der Waals surface area (Å²) < 4.78 is 66.4. The van der Waals surface area contributed by atoms with Gasteiger partial charge in [0.15, 0.2) is 0 Å². The van der Waals surface area contributed by atoms with E-state index < -0.39 is 32.2 Å². The Morgan fingerprint density at radius 1 is 1.17 bits per heavy atom. The Hall–Kier alpha value is -3.77. The highest BCUT2D eigenvalue weighted by Crippen LogP contribution is 2.42. The van der Waals surface area contributed by atoms with Crippen LogP contribution in [-0.2, 0) is 16.2 Å². The van der Waals surface area contributed by atoms with Crippen molar-refractivity contribution in [3.8, 4) is 11.1 Å². The van der Waals surface area contributed by atoms with Crippen LogP contribution in [0.3, 0.4) is 0 Å². The number of anilines is 2. The summed E-state index contributed by atoms with van der Waals surface area (Å²) in [5.41, 5.74) is 1.30. The molecule has 0 radical (unpaired) electrons. The average Bonchev–Trinajstić information content (AvgIpc) is 3.32. The van der Waals surface area contributed by atoms with Crippen LogP contribution in [0.15, 0.2) is 52.5 Å². The molecule has 8 nitrogen and oxygen atoms in total. The highest BCUT2D eigenvalue weighted by molar-refractivity contribution is 7.89. The zero-order valence-electron chi connectivity index (χ0n) is 19.3. The lowest BCUT2D eigenvalue weighted by atomic mass is 9.90. The van der Waals surface area contributed by atoms with Gasteiger partial charge in [-0.15, -0.1) is 0 Å². The summed E-state index contributed by atoms with van der Waals surface area (Å²) in [6.07, 6.45) is -1.28. The summed E-state index contributed by atoms with van der Waals surface area (Å²) in [7, 11) is -2.73. The number of hydrogen-bond donors (Lipinski definition) is 2. The van der Waals surface area contributed by atoms with Crippen LogP contribution in [0.25, 0.3) is 22.8 Å². The largest absolute Gasteiger partial charge is 0.417 e. The Morgan fingerprint density at radius 3 is 2.64 bits per heavy atom. The maximum absolute atomic E-state index is 13.9. The summed E-state index contributed by atoms with van der Waals surface area (Å²) in [5, 5.41) is 8.22. The molecule has 12 heteroatoms. The number of fused-ring (bicyclic) bond motifs is 3. The average molecular weight is 515 g/mol. The summed E-state index contributed by atoms with van der Waals surface area (Å²) in [6, 6.07) is 7.63. The molecule has 0 saturated heterocycles. The molecule has 2 aliphatic rings. The predicted molar refractivity (Wildman–Crippen MR) is 132 cm³/mol. The van der Waals surface area contributed by atoms with Crippen molar-refractivity contribution in [2.75, 3.05) is 30.4 Å². The molecular weight excluding hydrogens is 493 g/mol. The Kier molecular flexibility index (Phi) is 5.60. The number of sulfonamides is 1. The number of halogens is 3. The lowest BCUT2D eigenvalue weighted by molar-refractivity contribution is -0.137. The van der Waals surface area contributed by atoms with E-state index in [1.54, 1.807) is 25.4 Å². The molecule has 3 heterocycles. The van der Waals surface area contributed by atoms with E-state index in [9.17, 15) is 21.6 Å². The number of rotatable bonds is 4.